The van der Waals surface area contributed by atoms with Crippen molar-refractivity contribution in [2.45, 2.75) is 20.3 Å². The average Bonchev–Trinajstić information content (AvgIpc) is 2.40. The first-order chi connectivity index (χ1) is 9.86. The molecular formula is C16H15Cl2NO2. The standard InChI is InChI=1S/C16H15Cl2NO2/c1-9-3-4-10(2)11(5-9)6-15(20)19-12-7-13(17)16(21)14(18)8-12/h3-5,7-8,21H,6H2,1-2H3,(H,19,20). The molecule has 3 nitrogen and oxygen atoms in total. The Bertz CT molecular complexity index is 676. The molecule has 2 rings (SSSR count). The van der Waals surface area contributed by atoms with Crippen LogP contribution in [0.3, 0.4) is 0 Å². The molecule has 0 aliphatic rings. The van der Waals surface area contributed by atoms with E-state index in [1.165, 1.54) is 12.1 Å². The van der Waals surface area contributed by atoms with Gasteiger partial charge in [-0.2, -0.15) is 0 Å². The number of halogens is 2. The molecule has 2 aromatic carbocycles. The molecule has 21 heavy (non-hydrogen) atoms. The maximum atomic E-state index is 12.1. The van der Waals surface area contributed by atoms with Crippen molar-refractivity contribution in [1.29, 1.82) is 0 Å². The van der Waals surface area contributed by atoms with Gasteiger partial charge in [-0.3, -0.25) is 4.79 Å². The van der Waals surface area contributed by atoms with Crippen LogP contribution in [-0.2, 0) is 11.2 Å². The quantitative estimate of drug-likeness (QED) is 0.817. The topological polar surface area (TPSA) is 49.3 Å². The molecule has 0 fully saturated rings. The molecule has 0 bridgehead atoms. The van der Waals surface area contributed by atoms with E-state index in [1.54, 1.807) is 0 Å². The number of carbonyl (C=O) groups is 1. The number of aryl methyl sites for hydroxylation is 2. The highest BCUT2D eigenvalue weighted by Crippen LogP contribution is 2.34. The Balaban J connectivity index is 2.13. The smallest absolute Gasteiger partial charge is 0.228 e. The summed E-state index contributed by atoms with van der Waals surface area (Å²) in [6.07, 6.45) is 0.267. The molecule has 0 saturated heterocycles. The number of phenols is 1. The highest BCUT2D eigenvalue weighted by atomic mass is 35.5. The number of rotatable bonds is 3. The molecule has 2 N–H and O–H groups in total. The molecule has 0 heterocycles. The SMILES string of the molecule is Cc1ccc(C)c(CC(=O)Nc2cc(Cl)c(O)c(Cl)c2)c1. The molecule has 1 amide bonds. The second-order valence-electron chi connectivity index (χ2n) is 4.94. The third-order valence-electron chi connectivity index (χ3n) is 3.16. The van der Waals surface area contributed by atoms with Crippen LogP contribution in [0.15, 0.2) is 30.3 Å². The number of nitrogens with one attached hydrogen (secondary N) is 1. The van der Waals surface area contributed by atoms with Crippen LogP contribution in [0.5, 0.6) is 5.75 Å². The number of hydrogen-bond donors (Lipinski definition) is 2. The van der Waals surface area contributed by atoms with E-state index in [-0.39, 0.29) is 28.1 Å². The lowest BCUT2D eigenvalue weighted by molar-refractivity contribution is -0.115. The highest BCUT2D eigenvalue weighted by Gasteiger charge is 2.10. The van der Waals surface area contributed by atoms with Gasteiger partial charge >= 0.3 is 0 Å². The number of hydrogen-bond acceptors (Lipinski definition) is 2. The van der Waals surface area contributed by atoms with Crippen molar-refractivity contribution in [2.24, 2.45) is 0 Å². The maximum absolute atomic E-state index is 12.1. The van der Waals surface area contributed by atoms with Crippen molar-refractivity contribution in [3.8, 4) is 5.75 Å². The van der Waals surface area contributed by atoms with Crippen molar-refractivity contribution in [2.75, 3.05) is 5.32 Å². The van der Waals surface area contributed by atoms with Gasteiger partial charge in [0.2, 0.25) is 5.91 Å². The summed E-state index contributed by atoms with van der Waals surface area (Å²) in [5, 5.41) is 12.4. The van der Waals surface area contributed by atoms with Gasteiger partial charge in [0.05, 0.1) is 16.5 Å². The third-order valence-corrected chi connectivity index (χ3v) is 3.73. The summed E-state index contributed by atoms with van der Waals surface area (Å²) in [5.41, 5.74) is 3.61. The Morgan fingerprint density at radius 3 is 2.38 bits per heavy atom. The summed E-state index contributed by atoms with van der Waals surface area (Å²) >= 11 is 11.6. The van der Waals surface area contributed by atoms with E-state index in [1.807, 2.05) is 32.0 Å². The molecule has 0 saturated carbocycles. The van der Waals surface area contributed by atoms with Gasteiger partial charge in [-0.1, -0.05) is 47.0 Å². The number of carbonyl (C=O) groups excluding carboxylic acids is 1. The number of phenolic OH excluding ortho intramolecular Hbond substituents is 1. The van der Waals surface area contributed by atoms with Crippen LogP contribution in [0, 0.1) is 13.8 Å². The van der Waals surface area contributed by atoms with Gasteiger partial charge in [-0.25, -0.2) is 0 Å². The van der Waals surface area contributed by atoms with Crippen molar-refractivity contribution in [1.82, 2.24) is 0 Å². The van der Waals surface area contributed by atoms with Crippen LogP contribution in [0.1, 0.15) is 16.7 Å². The fraction of sp³-hybridized carbons (Fsp3) is 0.188. The van der Waals surface area contributed by atoms with Crippen LogP contribution in [0.25, 0.3) is 0 Å². The van der Waals surface area contributed by atoms with Gasteiger partial charge < -0.3 is 10.4 Å². The Morgan fingerprint density at radius 1 is 1.14 bits per heavy atom. The number of benzene rings is 2. The number of amides is 1. The molecule has 0 atom stereocenters. The summed E-state index contributed by atoms with van der Waals surface area (Å²) in [6.45, 7) is 3.96. The molecule has 110 valence electrons. The minimum absolute atomic E-state index is 0.101. The first-order valence-electron chi connectivity index (χ1n) is 6.41. The van der Waals surface area contributed by atoms with E-state index in [0.717, 1.165) is 16.7 Å². The second kappa shape index (κ2) is 6.37. The van der Waals surface area contributed by atoms with Gasteiger partial charge in [0.25, 0.3) is 0 Å². The van der Waals surface area contributed by atoms with Gasteiger partial charge in [-0.15, -0.1) is 0 Å². The van der Waals surface area contributed by atoms with E-state index in [2.05, 4.69) is 5.32 Å². The Hall–Kier alpha value is -1.71. The Labute approximate surface area is 133 Å². The first-order valence-corrected chi connectivity index (χ1v) is 7.16. The lowest BCUT2D eigenvalue weighted by Gasteiger charge is -2.10. The van der Waals surface area contributed by atoms with Gasteiger partial charge in [0, 0.05) is 5.69 Å². The zero-order chi connectivity index (χ0) is 15.6. The van der Waals surface area contributed by atoms with Crippen LogP contribution in [-0.4, -0.2) is 11.0 Å². The molecule has 2 aromatic rings. The lowest BCUT2D eigenvalue weighted by atomic mass is 10.0. The van der Waals surface area contributed by atoms with Crippen molar-refractivity contribution < 1.29 is 9.90 Å². The lowest BCUT2D eigenvalue weighted by Crippen LogP contribution is -2.15. The van der Waals surface area contributed by atoms with Crippen molar-refractivity contribution in [3.05, 3.63) is 57.1 Å². The summed E-state index contributed by atoms with van der Waals surface area (Å²) < 4.78 is 0. The first kappa shape index (κ1) is 15.7. The minimum Gasteiger partial charge on any atom is -0.505 e. The van der Waals surface area contributed by atoms with E-state index in [4.69, 9.17) is 23.2 Å². The van der Waals surface area contributed by atoms with Crippen LogP contribution in [0.4, 0.5) is 5.69 Å². The zero-order valence-corrected chi connectivity index (χ0v) is 13.2. The largest absolute Gasteiger partial charge is 0.505 e. The average molecular weight is 324 g/mol. The van der Waals surface area contributed by atoms with E-state index in [0.29, 0.717) is 5.69 Å². The molecule has 0 radical (unpaired) electrons. The normalized spacial score (nSPS) is 10.5. The summed E-state index contributed by atoms with van der Waals surface area (Å²) in [4.78, 5) is 12.1. The van der Waals surface area contributed by atoms with Crippen LogP contribution >= 0.6 is 23.2 Å². The van der Waals surface area contributed by atoms with Crippen molar-refractivity contribution in [3.63, 3.8) is 0 Å². The van der Waals surface area contributed by atoms with Gasteiger partial charge in [-0.05, 0) is 37.1 Å². The minimum atomic E-state index is -0.189. The molecule has 0 aromatic heterocycles. The molecule has 0 aliphatic heterocycles. The monoisotopic (exact) mass is 323 g/mol. The summed E-state index contributed by atoms with van der Waals surface area (Å²) in [5.74, 6) is -0.354. The third kappa shape index (κ3) is 3.90. The summed E-state index contributed by atoms with van der Waals surface area (Å²) in [7, 11) is 0. The second-order valence-corrected chi connectivity index (χ2v) is 5.76. The molecule has 0 aliphatic carbocycles. The number of anilines is 1. The Morgan fingerprint density at radius 2 is 1.76 bits per heavy atom. The van der Waals surface area contributed by atoms with E-state index >= 15 is 0 Å². The molecule has 0 spiro atoms. The van der Waals surface area contributed by atoms with Crippen LogP contribution < -0.4 is 5.32 Å². The summed E-state index contributed by atoms with van der Waals surface area (Å²) in [6, 6.07) is 8.92. The molecular weight excluding hydrogens is 309 g/mol. The zero-order valence-electron chi connectivity index (χ0n) is 11.7. The fourth-order valence-corrected chi connectivity index (χ4v) is 2.49. The fourth-order valence-electron chi connectivity index (χ4n) is 2.01. The highest BCUT2D eigenvalue weighted by molar-refractivity contribution is 6.37. The Kier molecular flexibility index (Phi) is 4.76. The molecule has 0 unspecified atom stereocenters. The van der Waals surface area contributed by atoms with Gasteiger partial charge in [0.1, 0.15) is 0 Å². The molecule has 5 heteroatoms. The van der Waals surface area contributed by atoms with Crippen molar-refractivity contribution >= 4 is 34.8 Å². The van der Waals surface area contributed by atoms with E-state index < -0.39 is 0 Å². The predicted molar refractivity (Wildman–Crippen MR) is 86.4 cm³/mol. The van der Waals surface area contributed by atoms with E-state index in [9.17, 15) is 9.90 Å². The maximum Gasteiger partial charge on any atom is 0.228 e. The number of aromatic hydroxyl groups is 1. The van der Waals surface area contributed by atoms with Crippen LogP contribution in [0.2, 0.25) is 10.0 Å². The van der Waals surface area contributed by atoms with Gasteiger partial charge in [0.15, 0.2) is 5.75 Å². The predicted octanol–water partition coefficient (Wildman–Crippen LogP) is 4.50.